The number of halogens is 1. The van der Waals surface area contributed by atoms with Crippen molar-refractivity contribution in [1.82, 2.24) is 0 Å². The number of ether oxygens (including phenoxy) is 1. The smallest absolute Gasteiger partial charge is 0.497 e. The van der Waals surface area contributed by atoms with Crippen molar-refractivity contribution in [1.29, 1.82) is 0 Å². The van der Waals surface area contributed by atoms with Gasteiger partial charge in [0.25, 0.3) is 0 Å². The van der Waals surface area contributed by atoms with E-state index < -0.39 is 18.3 Å². The van der Waals surface area contributed by atoms with Gasteiger partial charge in [0.2, 0.25) is 0 Å². The van der Waals surface area contributed by atoms with Crippen LogP contribution in [0.15, 0.2) is 12.1 Å². The first-order valence-corrected chi connectivity index (χ1v) is 7.49. The van der Waals surface area contributed by atoms with Crippen molar-refractivity contribution in [3.63, 3.8) is 0 Å². The zero-order valence-electron chi connectivity index (χ0n) is 13.3. The predicted molar refractivity (Wildman–Crippen MR) is 80.6 cm³/mol. The normalized spacial score (nSPS) is 23.4. The second kappa shape index (κ2) is 4.72. The Hall–Kier alpha value is -1.07. The molecule has 0 amide bonds. The summed E-state index contributed by atoms with van der Waals surface area (Å²) in [4.78, 5) is 0. The van der Waals surface area contributed by atoms with Gasteiger partial charge in [-0.05, 0) is 52.5 Å². The van der Waals surface area contributed by atoms with Crippen LogP contribution in [-0.4, -0.2) is 25.4 Å². The van der Waals surface area contributed by atoms with E-state index in [4.69, 9.17) is 14.0 Å². The standard InChI is InChI=1S/C16H22BFO3/c1-15(2)16(3,4)21-17(20-15)11-8-9-12(18)13(10-6-7-10)14(11)19-5/h8-10H,6-7H2,1-5H3. The van der Waals surface area contributed by atoms with Gasteiger partial charge in [-0.2, -0.15) is 0 Å². The molecule has 1 saturated carbocycles. The molecule has 3 nitrogen and oxygen atoms in total. The summed E-state index contributed by atoms with van der Waals surface area (Å²) in [5.41, 5.74) is 0.609. The maximum atomic E-state index is 14.1. The van der Waals surface area contributed by atoms with Crippen molar-refractivity contribution < 1.29 is 18.4 Å². The second-order valence-corrected chi connectivity index (χ2v) is 6.95. The van der Waals surface area contributed by atoms with Crippen LogP contribution in [0, 0.1) is 5.82 Å². The van der Waals surface area contributed by atoms with Crippen LogP contribution in [0.1, 0.15) is 52.0 Å². The topological polar surface area (TPSA) is 27.7 Å². The van der Waals surface area contributed by atoms with Crippen LogP contribution in [-0.2, 0) is 9.31 Å². The molecule has 0 N–H and O–H groups in total. The molecule has 1 aromatic carbocycles. The molecule has 1 aromatic rings. The molecule has 2 fully saturated rings. The van der Waals surface area contributed by atoms with Crippen LogP contribution in [0.5, 0.6) is 5.75 Å². The van der Waals surface area contributed by atoms with Crippen molar-refractivity contribution in [2.45, 2.75) is 57.7 Å². The Bertz CT molecular complexity index is 551. The third kappa shape index (κ3) is 2.36. The average molecular weight is 292 g/mol. The summed E-state index contributed by atoms with van der Waals surface area (Å²) < 4.78 is 31.8. The summed E-state index contributed by atoms with van der Waals surface area (Å²) in [6.07, 6.45) is 2.03. The number of methoxy groups -OCH3 is 1. The maximum absolute atomic E-state index is 14.1. The molecule has 0 bridgehead atoms. The Labute approximate surface area is 125 Å². The number of hydrogen-bond donors (Lipinski definition) is 0. The summed E-state index contributed by atoms with van der Waals surface area (Å²) in [5.74, 6) is 0.646. The largest absolute Gasteiger partial charge is 0.498 e. The molecule has 0 unspecified atom stereocenters. The minimum Gasteiger partial charge on any atom is -0.497 e. The third-order valence-electron chi connectivity index (χ3n) is 4.87. The molecular weight excluding hydrogens is 270 g/mol. The minimum absolute atomic E-state index is 0.199. The van der Waals surface area contributed by atoms with Crippen molar-refractivity contribution in [3.05, 3.63) is 23.5 Å². The van der Waals surface area contributed by atoms with Crippen LogP contribution in [0.25, 0.3) is 0 Å². The van der Waals surface area contributed by atoms with E-state index in [2.05, 4.69) is 0 Å². The van der Waals surface area contributed by atoms with Gasteiger partial charge in [-0.3, -0.25) is 0 Å². The first-order chi connectivity index (χ1) is 9.77. The SMILES string of the molecule is COc1c(B2OC(C)(C)C(C)(C)O2)ccc(F)c1C1CC1. The Morgan fingerprint density at radius 3 is 2.19 bits per heavy atom. The number of benzene rings is 1. The van der Waals surface area contributed by atoms with Gasteiger partial charge in [0.05, 0.1) is 18.3 Å². The van der Waals surface area contributed by atoms with E-state index in [-0.39, 0.29) is 11.7 Å². The maximum Gasteiger partial charge on any atom is 0.498 e. The first-order valence-electron chi connectivity index (χ1n) is 7.49. The second-order valence-electron chi connectivity index (χ2n) is 6.95. The number of hydrogen-bond acceptors (Lipinski definition) is 3. The molecule has 1 saturated heterocycles. The van der Waals surface area contributed by atoms with Crippen molar-refractivity contribution in [2.75, 3.05) is 7.11 Å². The van der Waals surface area contributed by atoms with E-state index in [1.165, 1.54) is 6.07 Å². The van der Waals surface area contributed by atoms with Gasteiger partial charge in [0.1, 0.15) is 11.6 Å². The highest BCUT2D eigenvalue weighted by molar-refractivity contribution is 6.63. The molecular formula is C16H22BFO3. The summed E-state index contributed by atoms with van der Waals surface area (Å²) in [6.45, 7) is 8.02. The monoisotopic (exact) mass is 292 g/mol. The van der Waals surface area contributed by atoms with Crippen molar-refractivity contribution >= 4 is 12.6 Å². The highest BCUT2D eigenvalue weighted by atomic mass is 19.1. The van der Waals surface area contributed by atoms with Crippen LogP contribution >= 0.6 is 0 Å². The Balaban J connectivity index is 2.02. The molecule has 0 aromatic heterocycles. The Morgan fingerprint density at radius 1 is 1.14 bits per heavy atom. The summed E-state index contributed by atoms with van der Waals surface area (Å²) in [7, 11) is 1.05. The average Bonchev–Trinajstić information content (AvgIpc) is 3.17. The van der Waals surface area contributed by atoms with E-state index in [1.54, 1.807) is 13.2 Å². The van der Waals surface area contributed by atoms with Gasteiger partial charge in [-0.15, -0.1) is 0 Å². The van der Waals surface area contributed by atoms with E-state index in [1.807, 2.05) is 27.7 Å². The van der Waals surface area contributed by atoms with Gasteiger partial charge in [0, 0.05) is 11.0 Å². The van der Waals surface area contributed by atoms with E-state index in [0.29, 0.717) is 11.3 Å². The summed E-state index contributed by atoms with van der Waals surface area (Å²) in [5, 5.41) is 0. The summed E-state index contributed by atoms with van der Waals surface area (Å²) in [6, 6.07) is 3.21. The van der Waals surface area contributed by atoms with E-state index in [0.717, 1.165) is 18.3 Å². The van der Waals surface area contributed by atoms with Gasteiger partial charge in [-0.25, -0.2) is 4.39 Å². The Morgan fingerprint density at radius 2 is 1.71 bits per heavy atom. The van der Waals surface area contributed by atoms with Crippen LogP contribution < -0.4 is 10.2 Å². The van der Waals surface area contributed by atoms with Crippen molar-refractivity contribution in [2.24, 2.45) is 0 Å². The van der Waals surface area contributed by atoms with Gasteiger partial charge >= 0.3 is 7.12 Å². The molecule has 2 aliphatic rings. The molecule has 3 rings (SSSR count). The molecule has 114 valence electrons. The lowest BCUT2D eigenvalue weighted by Crippen LogP contribution is -2.41. The van der Waals surface area contributed by atoms with Crippen LogP contribution in [0.4, 0.5) is 4.39 Å². The van der Waals surface area contributed by atoms with E-state index >= 15 is 0 Å². The quantitative estimate of drug-likeness (QED) is 0.802. The third-order valence-corrected chi connectivity index (χ3v) is 4.87. The molecule has 1 heterocycles. The molecule has 0 atom stereocenters. The fraction of sp³-hybridized carbons (Fsp3) is 0.625. The molecule has 21 heavy (non-hydrogen) atoms. The fourth-order valence-corrected chi connectivity index (χ4v) is 2.73. The molecule has 5 heteroatoms. The van der Waals surface area contributed by atoms with Crippen LogP contribution in [0.3, 0.4) is 0 Å². The Kier molecular flexibility index (Phi) is 3.34. The first kappa shape index (κ1) is 14.9. The zero-order valence-corrected chi connectivity index (χ0v) is 13.3. The van der Waals surface area contributed by atoms with Gasteiger partial charge in [0.15, 0.2) is 0 Å². The predicted octanol–water partition coefficient (Wildman–Crippen LogP) is 3.01. The number of rotatable bonds is 3. The van der Waals surface area contributed by atoms with Crippen LogP contribution in [0.2, 0.25) is 0 Å². The molecule has 0 spiro atoms. The fourth-order valence-electron chi connectivity index (χ4n) is 2.73. The molecule has 0 radical (unpaired) electrons. The van der Waals surface area contributed by atoms with Crippen molar-refractivity contribution in [3.8, 4) is 5.75 Å². The van der Waals surface area contributed by atoms with Gasteiger partial charge < -0.3 is 14.0 Å². The molecule has 1 aliphatic carbocycles. The summed E-state index contributed by atoms with van der Waals surface area (Å²) >= 11 is 0. The van der Waals surface area contributed by atoms with E-state index in [9.17, 15) is 4.39 Å². The lowest BCUT2D eigenvalue weighted by molar-refractivity contribution is 0.00578. The minimum atomic E-state index is -0.525. The lowest BCUT2D eigenvalue weighted by atomic mass is 9.77. The van der Waals surface area contributed by atoms with Gasteiger partial charge in [-0.1, -0.05) is 6.07 Å². The highest BCUT2D eigenvalue weighted by Gasteiger charge is 2.53. The molecule has 1 aliphatic heterocycles. The zero-order chi connectivity index (χ0) is 15.4. The highest BCUT2D eigenvalue weighted by Crippen LogP contribution is 2.46. The lowest BCUT2D eigenvalue weighted by Gasteiger charge is -2.32.